The van der Waals surface area contributed by atoms with Gasteiger partial charge in [-0.3, -0.25) is 9.58 Å². The topological polar surface area (TPSA) is 46.1 Å². The van der Waals surface area contributed by atoms with Crippen LogP contribution in [0.3, 0.4) is 0 Å². The molecule has 5 nitrogen and oxygen atoms in total. The number of aryl methyl sites for hydroxylation is 1. The van der Waals surface area contributed by atoms with Crippen molar-refractivity contribution in [2.45, 2.75) is 95.3 Å². The van der Waals surface area contributed by atoms with Gasteiger partial charge in [0, 0.05) is 38.1 Å². The molecular weight excluding hydrogens is 350 g/mol. The molecule has 1 unspecified atom stereocenters. The van der Waals surface area contributed by atoms with Crippen molar-refractivity contribution in [3.63, 3.8) is 0 Å². The molecule has 0 amide bonds. The van der Waals surface area contributed by atoms with Crippen LogP contribution in [-0.4, -0.2) is 57.2 Å². The van der Waals surface area contributed by atoms with Crippen LogP contribution in [0.4, 0.5) is 0 Å². The Hall–Kier alpha value is -1.17. The second-order valence-corrected chi connectivity index (χ2v) is 9.98. The van der Waals surface area contributed by atoms with E-state index < -0.39 is 0 Å². The Kier molecular flexibility index (Phi) is 4.68. The van der Waals surface area contributed by atoms with Gasteiger partial charge in [-0.2, -0.15) is 5.10 Å². The maximum absolute atomic E-state index is 6.32. The van der Waals surface area contributed by atoms with Crippen LogP contribution < -0.4 is 0 Å². The average Bonchev–Trinajstić information content (AvgIpc) is 3.43. The van der Waals surface area contributed by atoms with Crippen LogP contribution in [-0.2, 0) is 16.0 Å². The fourth-order valence-corrected chi connectivity index (χ4v) is 5.64. The first-order valence-electron chi connectivity index (χ1n) is 11.2. The van der Waals surface area contributed by atoms with E-state index in [1.807, 2.05) is 12.3 Å². The molecular formula is C23H35N3O2. The molecule has 4 heterocycles. The molecule has 1 aromatic heterocycles. The number of likely N-dealkylation sites (tertiary alicyclic amines) is 1. The highest BCUT2D eigenvalue weighted by Gasteiger charge is 2.73. The molecule has 0 N–H and O–H groups in total. The highest BCUT2D eigenvalue weighted by Crippen LogP contribution is 2.60. The third kappa shape index (κ3) is 3.46. The molecule has 1 saturated carbocycles. The Morgan fingerprint density at radius 2 is 2.00 bits per heavy atom. The summed E-state index contributed by atoms with van der Waals surface area (Å²) in [5.74, 6) is 0.847. The zero-order chi connectivity index (χ0) is 19.4. The summed E-state index contributed by atoms with van der Waals surface area (Å²) < 4.78 is 14.5. The third-order valence-electron chi connectivity index (χ3n) is 7.64. The molecule has 5 rings (SSSR count). The van der Waals surface area contributed by atoms with Crippen LogP contribution in [0.1, 0.15) is 59.3 Å². The van der Waals surface area contributed by atoms with Gasteiger partial charge in [0.15, 0.2) is 0 Å². The second-order valence-electron chi connectivity index (χ2n) is 9.98. The predicted molar refractivity (Wildman–Crippen MR) is 109 cm³/mol. The van der Waals surface area contributed by atoms with E-state index in [2.05, 4.69) is 47.7 Å². The lowest BCUT2D eigenvalue weighted by Gasteiger charge is -2.46. The molecule has 1 aromatic rings. The van der Waals surface area contributed by atoms with E-state index in [0.717, 1.165) is 24.9 Å². The Bertz CT molecular complexity index is 712. The number of ether oxygens (including phenoxy) is 2. The zero-order valence-corrected chi connectivity index (χ0v) is 17.6. The molecule has 5 heteroatoms. The first-order valence-corrected chi connectivity index (χ1v) is 11.2. The van der Waals surface area contributed by atoms with Crippen LogP contribution >= 0.6 is 0 Å². The molecule has 0 bridgehead atoms. The largest absolute Gasteiger partial charge is 0.363 e. The van der Waals surface area contributed by atoms with Gasteiger partial charge in [0.25, 0.3) is 0 Å². The predicted octanol–water partition coefficient (Wildman–Crippen LogP) is 3.80. The average molecular weight is 386 g/mol. The number of allylic oxidation sites excluding steroid dienone is 1. The van der Waals surface area contributed by atoms with Crippen molar-refractivity contribution in [3.8, 4) is 0 Å². The first kappa shape index (κ1) is 18.8. The van der Waals surface area contributed by atoms with Gasteiger partial charge in [-0.25, -0.2) is 0 Å². The van der Waals surface area contributed by atoms with Gasteiger partial charge < -0.3 is 9.47 Å². The molecule has 1 spiro atoms. The summed E-state index contributed by atoms with van der Waals surface area (Å²) in [5.41, 5.74) is 1.48. The minimum absolute atomic E-state index is 0.0346. The van der Waals surface area contributed by atoms with Gasteiger partial charge in [0.05, 0.1) is 11.7 Å². The quantitative estimate of drug-likeness (QED) is 0.529. The monoisotopic (exact) mass is 385 g/mol. The normalized spacial score (nSPS) is 40.3. The fourth-order valence-electron chi connectivity index (χ4n) is 5.64. The van der Waals surface area contributed by atoms with Gasteiger partial charge in [-0.15, -0.1) is 0 Å². The molecule has 3 saturated heterocycles. The van der Waals surface area contributed by atoms with Crippen molar-refractivity contribution in [2.24, 2.45) is 5.92 Å². The maximum atomic E-state index is 6.32. The van der Waals surface area contributed by atoms with Crippen LogP contribution in [0.15, 0.2) is 30.1 Å². The number of rotatable bonds is 7. The fraction of sp³-hybridized carbons (Fsp3) is 0.783. The van der Waals surface area contributed by atoms with E-state index in [4.69, 9.17) is 9.47 Å². The SMILES string of the molecule is CC(C)=CC[C@H]1O[C@@]1(C)C1OC12CCC(N1CC(CCn3cccn3)C1)CC2. The van der Waals surface area contributed by atoms with Gasteiger partial charge in [0.2, 0.25) is 0 Å². The van der Waals surface area contributed by atoms with Crippen LogP contribution in [0.5, 0.6) is 0 Å². The molecule has 154 valence electrons. The smallest absolute Gasteiger partial charge is 0.121 e. The summed E-state index contributed by atoms with van der Waals surface area (Å²) in [5, 5.41) is 4.31. The van der Waals surface area contributed by atoms with E-state index >= 15 is 0 Å². The Labute approximate surface area is 169 Å². The summed E-state index contributed by atoms with van der Waals surface area (Å²) in [6.45, 7) is 10.2. The summed E-state index contributed by atoms with van der Waals surface area (Å²) in [4.78, 5) is 2.71. The summed E-state index contributed by atoms with van der Waals surface area (Å²) >= 11 is 0. The zero-order valence-electron chi connectivity index (χ0n) is 17.6. The van der Waals surface area contributed by atoms with Crippen LogP contribution in [0.25, 0.3) is 0 Å². The Morgan fingerprint density at radius 3 is 2.68 bits per heavy atom. The summed E-state index contributed by atoms with van der Waals surface area (Å²) in [6.07, 6.45) is 14.2. The standard InChI is InChI=1S/C23H35N3O2/c1-17(2)5-6-20-22(3,27-20)21-23(28-21)10-7-19(8-11-23)25-15-18(16-25)9-14-26-13-4-12-24-26/h4-5,12-13,18-21H,6-11,14-16H2,1-3H3/t19?,20-,21?,22-,23?/m1/s1. The molecule has 0 aromatic carbocycles. The molecule has 28 heavy (non-hydrogen) atoms. The molecule has 3 aliphatic heterocycles. The van der Waals surface area contributed by atoms with Gasteiger partial charge in [-0.05, 0) is 71.3 Å². The molecule has 3 atom stereocenters. The van der Waals surface area contributed by atoms with E-state index in [-0.39, 0.29) is 11.2 Å². The van der Waals surface area contributed by atoms with Crippen molar-refractivity contribution in [2.75, 3.05) is 13.1 Å². The minimum Gasteiger partial charge on any atom is -0.363 e. The van der Waals surface area contributed by atoms with E-state index in [1.165, 1.54) is 50.8 Å². The highest BCUT2D eigenvalue weighted by molar-refractivity contribution is 5.22. The molecule has 4 aliphatic rings. The summed E-state index contributed by atoms with van der Waals surface area (Å²) in [7, 11) is 0. The van der Waals surface area contributed by atoms with E-state index in [1.54, 1.807) is 0 Å². The van der Waals surface area contributed by atoms with Crippen molar-refractivity contribution < 1.29 is 9.47 Å². The number of epoxide rings is 2. The minimum atomic E-state index is -0.0346. The van der Waals surface area contributed by atoms with Gasteiger partial charge in [-0.1, -0.05) is 11.6 Å². The van der Waals surface area contributed by atoms with E-state index in [0.29, 0.717) is 12.2 Å². The Balaban J connectivity index is 1.04. The molecule has 1 aliphatic carbocycles. The van der Waals surface area contributed by atoms with Crippen LogP contribution in [0.2, 0.25) is 0 Å². The van der Waals surface area contributed by atoms with Crippen molar-refractivity contribution in [3.05, 3.63) is 30.1 Å². The van der Waals surface area contributed by atoms with E-state index in [9.17, 15) is 0 Å². The highest BCUT2D eigenvalue weighted by atomic mass is 16.7. The molecule has 0 radical (unpaired) electrons. The van der Waals surface area contributed by atoms with Crippen LogP contribution in [0, 0.1) is 5.92 Å². The van der Waals surface area contributed by atoms with Crippen molar-refractivity contribution in [1.82, 2.24) is 14.7 Å². The van der Waals surface area contributed by atoms with Crippen molar-refractivity contribution >= 4 is 0 Å². The maximum Gasteiger partial charge on any atom is 0.121 e. The second kappa shape index (κ2) is 6.96. The molecule has 4 fully saturated rings. The number of hydrogen-bond donors (Lipinski definition) is 0. The Morgan fingerprint density at radius 1 is 1.21 bits per heavy atom. The summed E-state index contributed by atoms with van der Waals surface area (Å²) in [6, 6.07) is 2.78. The number of hydrogen-bond acceptors (Lipinski definition) is 4. The van der Waals surface area contributed by atoms with Gasteiger partial charge >= 0.3 is 0 Å². The lowest BCUT2D eigenvalue weighted by molar-refractivity contribution is 0.0179. The lowest BCUT2D eigenvalue weighted by atomic mass is 9.78. The first-order chi connectivity index (χ1) is 13.5. The van der Waals surface area contributed by atoms with Gasteiger partial charge in [0.1, 0.15) is 11.7 Å². The van der Waals surface area contributed by atoms with Crippen molar-refractivity contribution in [1.29, 1.82) is 0 Å². The number of nitrogens with zero attached hydrogens (tertiary/aromatic N) is 3. The number of aromatic nitrogens is 2. The lowest BCUT2D eigenvalue weighted by Crippen LogP contribution is -2.53. The third-order valence-corrected chi connectivity index (χ3v) is 7.64.